The van der Waals surface area contributed by atoms with E-state index in [0.29, 0.717) is 36.3 Å². The highest BCUT2D eigenvalue weighted by atomic mass is 16.5. The second kappa shape index (κ2) is 14.2. The topological polar surface area (TPSA) is 142 Å². The molecule has 2 aliphatic heterocycles. The largest absolute Gasteiger partial charge is 0.494 e. The molecule has 262 valence electrons. The van der Waals surface area contributed by atoms with Crippen molar-refractivity contribution in [3.8, 4) is 17.3 Å². The molecule has 4 aromatic heterocycles. The molecule has 2 bridgehead atoms. The van der Waals surface area contributed by atoms with E-state index in [-0.39, 0.29) is 35.9 Å². The Kier molecular flexibility index (Phi) is 9.56. The van der Waals surface area contributed by atoms with Crippen molar-refractivity contribution in [3.05, 3.63) is 71.7 Å². The number of fused-ring (bicyclic) bond motifs is 2. The maximum atomic E-state index is 13.7. The number of piperidine rings is 1. The lowest BCUT2D eigenvalue weighted by Crippen LogP contribution is -2.53. The molecule has 1 unspecified atom stereocenters. The van der Waals surface area contributed by atoms with Gasteiger partial charge in [0, 0.05) is 57.0 Å². The van der Waals surface area contributed by atoms with E-state index in [9.17, 15) is 9.59 Å². The van der Waals surface area contributed by atoms with E-state index in [0.717, 1.165) is 78.1 Å². The number of benzene rings is 1. The normalized spacial score (nSPS) is 22.1. The summed E-state index contributed by atoms with van der Waals surface area (Å²) in [6.45, 7) is 3.74. The van der Waals surface area contributed by atoms with Gasteiger partial charge in [-0.2, -0.15) is 0 Å². The number of aryl methyl sites for hydroxylation is 2. The van der Waals surface area contributed by atoms with Gasteiger partial charge < -0.3 is 34.6 Å². The molecule has 0 saturated carbocycles. The van der Waals surface area contributed by atoms with Crippen molar-refractivity contribution in [3.63, 3.8) is 0 Å². The van der Waals surface area contributed by atoms with Crippen LogP contribution in [0, 0.1) is 0 Å². The summed E-state index contributed by atoms with van der Waals surface area (Å²) in [6, 6.07) is 15.1. The van der Waals surface area contributed by atoms with Gasteiger partial charge in [-0.05, 0) is 68.7 Å². The Balaban J connectivity index is 1.25. The van der Waals surface area contributed by atoms with Gasteiger partial charge in [0.25, 0.3) is 5.91 Å². The number of carbonyl (C=O) groups excluding carboxylic acids is 2. The highest BCUT2D eigenvalue weighted by Crippen LogP contribution is 2.35. The number of rotatable bonds is 5. The summed E-state index contributed by atoms with van der Waals surface area (Å²) >= 11 is 0. The molecule has 7 rings (SSSR count). The smallest absolute Gasteiger partial charge is 0.254 e. The van der Waals surface area contributed by atoms with Gasteiger partial charge in [-0.1, -0.05) is 25.3 Å². The summed E-state index contributed by atoms with van der Waals surface area (Å²) in [7, 11) is 5.25. The minimum absolute atomic E-state index is 0.0278. The Labute approximate surface area is 292 Å². The lowest BCUT2D eigenvalue weighted by molar-refractivity contribution is -0.123. The molecule has 12 nitrogen and oxygen atoms in total. The van der Waals surface area contributed by atoms with E-state index in [1.807, 2.05) is 48.9 Å². The van der Waals surface area contributed by atoms with Gasteiger partial charge in [-0.25, -0.2) is 9.97 Å². The van der Waals surface area contributed by atoms with Crippen LogP contribution in [0.25, 0.3) is 33.6 Å². The first-order chi connectivity index (χ1) is 24.3. The summed E-state index contributed by atoms with van der Waals surface area (Å²) < 4.78 is 15.6. The van der Waals surface area contributed by atoms with Crippen LogP contribution in [0.15, 0.2) is 54.7 Å². The average molecular weight is 679 g/mol. The van der Waals surface area contributed by atoms with Gasteiger partial charge in [0.2, 0.25) is 5.91 Å². The third-order valence-electron chi connectivity index (χ3n) is 10.4. The summed E-state index contributed by atoms with van der Waals surface area (Å²) in [6.07, 6.45) is 7.03. The minimum atomic E-state index is -0.299. The van der Waals surface area contributed by atoms with Gasteiger partial charge in [0.05, 0.1) is 47.8 Å². The fourth-order valence-electron chi connectivity index (χ4n) is 7.59. The average Bonchev–Trinajstić information content (AvgIpc) is 3.66. The number of likely N-dealkylation sites (tertiary alicyclic amines) is 1. The molecule has 2 amide bonds. The van der Waals surface area contributed by atoms with Gasteiger partial charge >= 0.3 is 0 Å². The maximum Gasteiger partial charge on any atom is 0.254 e. The molecular weight excluding hydrogens is 632 g/mol. The molecule has 0 spiro atoms. The van der Waals surface area contributed by atoms with Crippen molar-refractivity contribution < 1.29 is 19.1 Å². The number of ether oxygens (including phenoxy) is 2. The summed E-state index contributed by atoms with van der Waals surface area (Å²) in [5.41, 5.74) is 11.7. The lowest BCUT2D eigenvalue weighted by atomic mass is 9.95. The van der Waals surface area contributed by atoms with Gasteiger partial charge in [-0.15, -0.1) is 0 Å². The van der Waals surface area contributed by atoms with Crippen LogP contribution in [-0.4, -0.2) is 80.3 Å². The van der Waals surface area contributed by atoms with Crippen molar-refractivity contribution in [1.29, 1.82) is 0 Å². The summed E-state index contributed by atoms with van der Waals surface area (Å²) in [5.74, 6) is 0.904. The van der Waals surface area contributed by atoms with Crippen LogP contribution >= 0.6 is 0 Å². The number of carbonyl (C=O) groups is 2. The minimum Gasteiger partial charge on any atom is -0.494 e. The van der Waals surface area contributed by atoms with Gasteiger partial charge in [-0.3, -0.25) is 14.6 Å². The number of imidazole rings is 1. The van der Waals surface area contributed by atoms with Crippen molar-refractivity contribution >= 4 is 33.9 Å². The van der Waals surface area contributed by atoms with Crippen molar-refractivity contribution in [2.45, 2.75) is 76.1 Å². The van der Waals surface area contributed by atoms with Crippen LogP contribution in [0.1, 0.15) is 79.2 Å². The number of methoxy groups -OCH3 is 2. The van der Waals surface area contributed by atoms with E-state index >= 15 is 0 Å². The second-order valence-electron chi connectivity index (χ2n) is 13.6. The lowest BCUT2D eigenvalue weighted by Gasteiger charge is -2.36. The van der Waals surface area contributed by atoms with Crippen molar-refractivity contribution in [1.82, 2.24) is 34.3 Å². The van der Waals surface area contributed by atoms with Crippen LogP contribution in [0.5, 0.6) is 5.75 Å². The molecule has 0 radical (unpaired) electrons. The zero-order chi connectivity index (χ0) is 34.9. The fraction of sp³-hybridized carbons (Fsp3) is 0.447. The SMILES string of the molecule is COc1cc(C(=O)N2CC[C@@H](OC)[C@@H](N)C2)cc2nc(-c3cc4ccc5nc4n3CCCCCCC(c3ccccn3)C(=O)N[C@@H]5C)n(C)c12. The van der Waals surface area contributed by atoms with E-state index in [1.165, 1.54) is 0 Å². The van der Waals surface area contributed by atoms with Crippen LogP contribution in [0.2, 0.25) is 0 Å². The number of nitrogens with one attached hydrogen (secondary N) is 1. The highest BCUT2D eigenvalue weighted by molar-refractivity contribution is 6.00. The molecule has 1 saturated heterocycles. The number of hydrogen-bond acceptors (Lipinski definition) is 8. The van der Waals surface area contributed by atoms with Gasteiger partial charge in [0.15, 0.2) is 5.82 Å². The number of pyridine rings is 2. The first kappa shape index (κ1) is 33.7. The standard InChI is InChI=1S/C38H46N8O4/c1-23-28-14-13-24-20-31(46(35(24)42-28)17-10-6-5-7-11-26(37(47)41-23)29-12-8-9-16-40-29)36-43-30-19-25(21-33(50-4)34(30)44(36)2)38(48)45-18-15-32(49-3)27(39)22-45/h8-9,12-14,16,19-21,23,26-27,32H,5-7,10-11,15,17-18,22,39H2,1-4H3,(H,41,47)/t23-,26?,27+,32-/m1/s1. The second-order valence-corrected chi connectivity index (χ2v) is 13.6. The predicted molar refractivity (Wildman–Crippen MR) is 192 cm³/mol. The van der Waals surface area contributed by atoms with Crippen LogP contribution < -0.4 is 15.8 Å². The quantitative estimate of drug-likeness (QED) is 0.261. The zero-order valence-corrected chi connectivity index (χ0v) is 29.3. The number of nitrogens with two attached hydrogens (primary N) is 1. The Hall–Kier alpha value is -4.81. The fourth-order valence-corrected chi connectivity index (χ4v) is 7.59. The third-order valence-corrected chi connectivity index (χ3v) is 10.4. The Morgan fingerprint density at radius 2 is 1.82 bits per heavy atom. The van der Waals surface area contributed by atoms with Crippen LogP contribution in [0.3, 0.4) is 0 Å². The molecule has 1 fully saturated rings. The predicted octanol–water partition coefficient (Wildman–Crippen LogP) is 5.11. The molecule has 2 aliphatic rings. The molecule has 3 N–H and O–H groups in total. The first-order valence-electron chi connectivity index (χ1n) is 17.6. The Morgan fingerprint density at radius 3 is 2.58 bits per heavy atom. The number of aromatic nitrogens is 5. The third kappa shape index (κ3) is 6.33. The molecule has 6 heterocycles. The molecule has 12 heteroatoms. The molecule has 1 aromatic carbocycles. The van der Waals surface area contributed by atoms with E-state index in [2.05, 4.69) is 27.0 Å². The Morgan fingerprint density at radius 1 is 0.980 bits per heavy atom. The number of hydrogen-bond donors (Lipinski definition) is 2. The monoisotopic (exact) mass is 678 g/mol. The Bertz CT molecular complexity index is 2020. The van der Waals surface area contributed by atoms with E-state index < -0.39 is 0 Å². The van der Waals surface area contributed by atoms with E-state index in [4.69, 9.17) is 25.2 Å². The first-order valence-corrected chi connectivity index (χ1v) is 17.6. The zero-order valence-electron chi connectivity index (χ0n) is 29.3. The van der Waals surface area contributed by atoms with Crippen molar-refractivity contribution in [2.24, 2.45) is 12.8 Å². The summed E-state index contributed by atoms with van der Waals surface area (Å²) in [4.78, 5) is 43.8. The summed E-state index contributed by atoms with van der Waals surface area (Å²) in [5, 5.41) is 4.21. The molecule has 50 heavy (non-hydrogen) atoms. The molecular formula is C38H46N8O4. The number of amides is 2. The highest BCUT2D eigenvalue weighted by Gasteiger charge is 2.31. The molecule has 0 aliphatic carbocycles. The van der Waals surface area contributed by atoms with Gasteiger partial charge in [0.1, 0.15) is 16.9 Å². The maximum absolute atomic E-state index is 13.7. The molecule has 5 aromatic rings. The number of nitrogens with zero attached hydrogens (tertiary/aromatic N) is 6. The van der Waals surface area contributed by atoms with Crippen LogP contribution in [-0.2, 0) is 23.1 Å². The van der Waals surface area contributed by atoms with Crippen molar-refractivity contribution in [2.75, 3.05) is 27.3 Å². The molecule has 4 atom stereocenters. The van der Waals surface area contributed by atoms with E-state index in [1.54, 1.807) is 31.4 Å². The van der Waals surface area contributed by atoms with Crippen LogP contribution in [0.4, 0.5) is 0 Å².